The third-order valence-corrected chi connectivity index (χ3v) is 6.12. The van der Waals surface area contributed by atoms with E-state index in [9.17, 15) is 14.4 Å². The minimum absolute atomic E-state index is 0.0506. The number of rotatable bonds is 14. The predicted octanol–water partition coefficient (Wildman–Crippen LogP) is 2.09. The van der Waals surface area contributed by atoms with Gasteiger partial charge in [0.2, 0.25) is 12.3 Å². The van der Waals surface area contributed by atoms with Gasteiger partial charge in [-0.25, -0.2) is 4.79 Å². The zero-order valence-corrected chi connectivity index (χ0v) is 20.2. The van der Waals surface area contributed by atoms with Crippen molar-refractivity contribution in [3.63, 3.8) is 0 Å². The van der Waals surface area contributed by atoms with E-state index >= 15 is 0 Å². The molecule has 0 aliphatic rings. The van der Waals surface area contributed by atoms with Crippen LogP contribution in [0.3, 0.4) is 0 Å². The van der Waals surface area contributed by atoms with Crippen LogP contribution in [0.1, 0.15) is 32.3 Å². The van der Waals surface area contributed by atoms with E-state index in [1.807, 2.05) is 50.4 Å². The van der Waals surface area contributed by atoms with Crippen LogP contribution in [0, 0.1) is 5.92 Å². The van der Waals surface area contributed by atoms with Crippen LogP contribution >= 0.6 is 24.0 Å². The van der Waals surface area contributed by atoms with Crippen LogP contribution in [-0.4, -0.2) is 60.5 Å². The van der Waals surface area contributed by atoms with E-state index in [1.165, 1.54) is 7.11 Å². The largest absolute Gasteiger partial charge is 0.467 e. The Kier molecular flexibility index (Phi) is 12.8. The van der Waals surface area contributed by atoms with Crippen molar-refractivity contribution in [2.45, 2.75) is 51.2 Å². The van der Waals surface area contributed by atoms with Gasteiger partial charge in [0.15, 0.2) is 0 Å². The summed E-state index contributed by atoms with van der Waals surface area (Å²) in [6, 6.07) is 7.60. The van der Waals surface area contributed by atoms with Crippen molar-refractivity contribution in [2.24, 2.45) is 5.92 Å². The lowest BCUT2D eigenvalue weighted by Gasteiger charge is -2.29. The van der Waals surface area contributed by atoms with Gasteiger partial charge < -0.3 is 20.7 Å². The third kappa shape index (κ3) is 9.26. The van der Waals surface area contributed by atoms with Crippen molar-refractivity contribution in [1.29, 1.82) is 0 Å². The molecular formula is C22H33N3O4S2. The molecule has 1 aromatic rings. The molecule has 7 nitrogen and oxygen atoms in total. The number of nitrogens with one attached hydrogen (secondary N) is 3. The van der Waals surface area contributed by atoms with E-state index in [0.29, 0.717) is 24.2 Å². The van der Waals surface area contributed by atoms with Crippen LogP contribution in [0.4, 0.5) is 0 Å². The van der Waals surface area contributed by atoms with Crippen molar-refractivity contribution in [3.8, 4) is 0 Å². The number of hydrogen-bond donors (Lipinski definition) is 3. The predicted molar refractivity (Wildman–Crippen MR) is 129 cm³/mol. The zero-order valence-electron chi connectivity index (χ0n) is 18.6. The molecule has 0 unspecified atom stereocenters. The fourth-order valence-electron chi connectivity index (χ4n) is 3.01. The van der Waals surface area contributed by atoms with Gasteiger partial charge in [-0.3, -0.25) is 9.59 Å². The summed E-state index contributed by atoms with van der Waals surface area (Å²) >= 11 is 7.15. The lowest BCUT2D eigenvalue weighted by atomic mass is 9.97. The van der Waals surface area contributed by atoms with Crippen molar-refractivity contribution in [3.05, 3.63) is 35.9 Å². The summed E-state index contributed by atoms with van der Waals surface area (Å²) in [4.78, 5) is 36.9. The summed E-state index contributed by atoms with van der Waals surface area (Å²) in [5.74, 6) is -0.0824. The van der Waals surface area contributed by atoms with E-state index in [1.54, 1.807) is 11.8 Å². The van der Waals surface area contributed by atoms with E-state index in [-0.39, 0.29) is 17.9 Å². The second kappa shape index (κ2) is 14.8. The highest BCUT2D eigenvalue weighted by Gasteiger charge is 2.31. The molecule has 172 valence electrons. The molecule has 0 bridgehead atoms. The average molecular weight is 468 g/mol. The van der Waals surface area contributed by atoms with Gasteiger partial charge in [-0.2, -0.15) is 11.8 Å². The van der Waals surface area contributed by atoms with Gasteiger partial charge in [0.05, 0.1) is 18.1 Å². The summed E-state index contributed by atoms with van der Waals surface area (Å²) < 4.78 is 4.90. The van der Waals surface area contributed by atoms with Gasteiger partial charge in [0.25, 0.3) is 0 Å². The van der Waals surface area contributed by atoms with Gasteiger partial charge in [-0.1, -0.05) is 62.8 Å². The number of carbonyl (C=O) groups is 3. The van der Waals surface area contributed by atoms with Gasteiger partial charge in [-0.15, -0.1) is 0 Å². The number of esters is 1. The molecule has 0 spiro atoms. The second-order valence-electron chi connectivity index (χ2n) is 7.26. The molecule has 0 aromatic heterocycles. The topological polar surface area (TPSA) is 96.5 Å². The molecule has 0 heterocycles. The molecule has 31 heavy (non-hydrogen) atoms. The molecule has 0 aliphatic heterocycles. The van der Waals surface area contributed by atoms with Gasteiger partial charge in [0.1, 0.15) is 12.1 Å². The Morgan fingerprint density at radius 3 is 2.42 bits per heavy atom. The number of amides is 2. The van der Waals surface area contributed by atoms with Crippen LogP contribution in [0.5, 0.6) is 0 Å². The SMILES string of the molecule is CC[C@H](C)[C@@H](NC(=S)[C@@H](CCSC)NC=O)C(=O)N[C@H](Cc1ccccc1)C(=O)OC. The second-order valence-corrected chi connectivity index (χ2v) is 8.69. The molecule has 1 rings (SSSR count). The molecule has 2 amide bonds. The van der Waals surface area contributed by atoms with Crippen LogP contribution in [0.15, 0.2) is 30.3 Å². The molecule has 3 N–H and O–H groups in total. The Hall–Kier alpha value is -2.13. The van der Waals surface area contributed by atoms with Gasteiger partial charge in [0, 0.05) is 6.42 Å². The molecule has 0 radical (unpaired) electrons. The Morgan fingerprint density at radius 1 is 1.19 bits per heavy atom. The summed E-state index contributed by atoms with van der Waals surface area (Å²) in [6.07, 6.45) is 4.29. The van der Waals surface area contributed by atoms with Crippen molar-refractivity contribution in [2.75, 3.05) is 19.1 Å². The number of hydrogen-bond acceptors (Lipinski definition) is 6. The molecule has 4 atom stereocenters. The Morgan fingerprint density at radius 2 is 1.87 bits per heavy atom. The van der Waals surface area contributed by atoms with Crippen LogP contribution in [0.25, 0.3) is 0 Å². The maximum Gasteiger partial charge on any atom is 0.328 e. The summed E-state index contributed by atoms with van der Waals surface area (Å²) in [5.41, 5.74) is 0.911. The Labute approximate surface area is 194 Å². The molecule has 0 saturated heterocycles. The molecular weight excluding hydrogens is 434 g/mol. The Balaban J connectivity index is 2.96. The third-order valence-electron chi connectivity index (χ3n) is 5.07. The van der Waals surface area contributed by atoms with E-state index in [4.69, 9.17) is 17.0 Å². The van der Waals surface area contributed by atoms with E-state index < -0.39 is 18.1 Å². The summed E-state index contributed by atoms with van der Waals surface area (Å²) in [7, 11) is 1.30. The molecule has 1 aromatic carbocycles. The number of thiocarbonyl (C=S) groups is 1. The van der Waals surface area contributed by atoms with E-state index in [2.05, 4.69) is 16.0 Å². The fraction of sp³-hybridized carbons (Fsp3) is 0.545. The normalized spacial score (nSPS) is 14.5. The lowest BCUT2D eigenvalue weighted by Crippen LogP contribution is -2.57. The Bertz CT molecular complexity index is 718. The monoisotopic (exact) mass is 467 g/mol. The number of ether oxygens (including phenoxy) is 1. The van der Waals surface area contributed by atoms with Crippen molar-refractivity contribution in [1.82, 2.24) is 16.0 Å². The van der Waals surface area contributed by atoms with Crippen LogP contribution in [-0.2, 0) is 25.5 Å². The number of benzene rings is 1. The van der Waals surface area contributed by atoms with Gasteiger partial charge >= 0.3 is 5.97 Å². The molecule has 0 fully saturated rings. The smallest absolute Gasteiger partial charge is 0.328 e. The molecule has 0 aliphatic carbocycles. The standard InChI is InChI=1S/C22H33N3O4S2/c1-5-15(2)19(25-21(30)17(23-14-26)11-12-31-4)20(27)24-18(22(28)29-3)13-16-9-7-6-8-10-16/h6-10,14-15,17-19H,5,11-13H2,1-4H3,(H,23,26)(H,24,27)(H,25,30)/t15-,17+,18+,19+/m0/s1. The first-order valence-electron chi connectivity index (χ1n) is 10.3. The first kappa shape index (κ1) is 26.9. The fourth-order valence-corrected chi connectivity index (χ4v) is 3.79. The van der Waals surface area contributed by atoms with Crippen LogP contribution in [0.2, 0.25) is 0 Å². The molecule has 0 saturated carbocycles. The maximum atomic E-state index is 13.2. The first-order valence-corrected chi connectivity index (χ1v) is 12.1. The van der Waals surface area contributed by atoms with Crippen molar-refractivity contribution >= 4 is 47.3 Å². The highest BCUT2D eigenvalue weighted by molar-refractivity contribution is 7.98. The minimum Gasteiger partial charge on any atom is -0.467 e. The molecule has 9 heteroatoms. The van der Waals surface area contributed by atoms with E-state index in [0.717, 1.165) is 17.7 Å². The quantitative estimate of drug-likeness (QED) is 0.219. The number of carbonyl (C=O) groups excluding carboxylic acids is 3. The number of thioether (sulfide) groups is 1. The highest BCUT2D eigenvalue weighted by Crippen LogP contribution is 2.12. The maximum absolute atomic E-state index is 13.2. The van der Waals surface area contributed by atoms with Gasteiger partial charge in [-0.05, 0) is 29.9 Å². The minimum atomic E-state index is -0.817. The van der Waals surface area contributed by atoms with Crippen molar-refractivity contribution < 1.29 is 19.1 Å². The first-order chi connectivity index (χ1) is 14.9. The summed E-state index contributed by atoms with van der Waals surface area (Å²) in [6.45, 7) is 3.92. The highest BCUT2D eigenvalue weighted by atomic mass is 32.2. The zero-order chi connectivity index (χ0) is 23.2. The lowest BCUT2D eigenvalue weighted by molar-refractivity contribution is -0.145. The summed E-state index contributed by atoms with van der Waals surface area (Å²) in [5, 5.41) is 8.66. The average Bonchev–Trinajstić information content (AvgIpc) is 2.79. The van der Waals surface area contributed by atoms with Crippen LogP contribution < -0.4 is 16.0 Å². The number of methoxy groups -OCH3 is 1.